The Hall–Kier alpha value is -3.64. The van der Waals surface area contributed by atoms with Crippen LogP contribution in [0.4, 0.5) is 10.5 Å². The lowest BCUT2D eigenvalue weighted by Gasteiger charge is -2.25. The Morgan fingerprint density at radius 2 is 1.39 bits per heavy atom. The molecule has 0 bridgehead atoms. The number of sulfone groups is 1. The summed E-state index contributed by atoms with van der Waals surface area (Å²) in [5, 5.41) is 21.1. The Labute approximate surface area is 224 Å². The molecule has 2 rings (SSSR count). The zero-order valence-corrected chi connectivity index (χ0v) is 22.9. The number of hydrogen-bond donors (Lipinski definition) is 4. The average Bonchev–Trinajstić information content (AvgIpc) is 2.90. The van der Waals surface area contributed by atoms with E-state index in [0.29, 0.717) is 19.6 Å². The number of carbonyl (C=O) groups is 3. The molecule has 2 aromatic rings. The summed E-state index contributed by atoms with van der Waals surface area (Å²) in [7, 11) is -3.46. The van der Waals surface area contributed by atoms with Crippen molar-refractivity contribution >= 4 is 33.5 Å². The lowest BCUT2D eigenvalue weighted by Crippen LogP contribution is -2.46. The maximum atomic E-state index is 12.8. The highest BCUT2D eigenvalue weighted by molar-refractivity contribution is 7.91. The molecule has 0 aromatic heterocycles. The first-order valence-corrected chi connectivity index (χ1v) is 14.0. The molecule has 0 saturated carbocycles. The van der Waals surface area contributed by atoms with E-state index in [0.717, 1.165) is 30.9 Å². The molecule has 0 fully saturated rings. The number of nitrogens with one attached hydrogen (secondary N) is 2. The van der Waals surface area contributed by atoms with Gasteiger partial charge in [-0.15, -0.1) is 0 Å². The van der Waals surface area contributed by atoms with Gasteiger partial charge in [-0.2, -0.15) is 0 Å². The molecule has 12 heteroatoms. The standard InChI is InChI=1S/C24H36N4O3S.C2H2O4/c1-4-27(5-2)17-15-26-24(29)28(18-16-25-23-14-10-9-11-21(23)3)19-20-32(30,31)22-12-7-6-8-13-22;3-1(4)2(5)6/h6-14,25H,4-5,15-20H2,1-3H3,(H,26,29);(H,3,4)(H,5,6). The minimum Gasteiger partial charge on any atom is -0.473 e. The van der Waals surface area contributed by atoms with E-state index in [9.17, 15) is 13.2 Å². The number of carboxylic acid groups (broad SMARTS) is 2. The number of aryl methyl sites for hydroxylation is 1. The maximum Gasteiger partial charge on any atom is 0.414 e. The van der Waals surface area contributed by atoms with Crippen LogP contribution in [0.3, 0.4) is 0 Å². The lowest BCUT2D eigenvalue weighted by atomic mass is 10.2. The lowest BCUT2D eigenvalue weighted by molar-refractivity contribution is -0.159. The molecule has 0 aliphatic carbocycles. The van der Waals surface area contributed by atoms with Crippen LogP contribution in [0.15, 0.2) is 59.5 Å². The molecule has 0 spiro atoms. The van der Waals surface area contributed by atoms with Gasteiger partial charge in [0, 0.05) is 38.4 Å². The summed E-state index contributed by atoms with van der Waals surface area (Å²) in [5.74, 6) is -3.77. The van der Waals surface area contributed by atoms with Crippen LogP contribution in [-0.4, -0.2) is 98.0 Å². The van der Waals surface area contributed by atoms with Gasteiger partial charge in [0.2, 0.25) is 0 Å². The van der Waals surface area contributed by atoms with E-state index in [1.54, 1.807) is 35.2 Å². The minimum atomic E-state index is -3.46. The van der Waals surface area contributed by atoms with E-state index in [-0.39, 0.29) is 23.2 Å². The smallest absolute Gasteiger partial charge is 0.414 e. The number of urea groups is 1. The summed E-state index contributed by atoms with van der Waals surface area (Å²) in [6.07, 6.45) is 0. The van der Waals surface area contributed by atoms with Gasteiger partial charge < -0.3 is 30.6 Å². The zero-order valence-electron chi connectivity index (χ0n) is 22.1. The second kappa shape index (κ2) is 17.0. The maximum absolute atomic E-state index is 12.8. The number of likely N-dealkylation sites (N-methyl/N-ethyl adjacent to an activating group) is 1. The average molecular weight is 551 g/mol. The zero-order chi connectivity index (χ0) is 28.6. The molecular formula is C26H38N4O7S. The highest BCUT2D eigenvalue weighted by Crippen LogP contribution is 2.13. The van der Waals surface area contributed by atoms with E-state index in [4.69, 9.17) is 19.8 Å². The fourth-order valence-corrected chi connectivity index (χ4v) is 4.63. The quantitative estimate of drug-likeness (QED) is 0.275. The normalized spacial score (nSPS) is 10.7. The van der Waals surface area contributed by atoms with Crippen molar-refractivity contribution < 1.29 is 33.0 Å². The summed E-state index contributed by atoms with van der Waals surface area (Å²) in [5.41, 5.74) is 2.13. The largest absolute Gasteiger partial charge is 0.473 e. The summed E-state index contributed by atoms with van der Waals surface area (Å²) in [4.78, 5) is 35.1. The number of anilines is 1. The molecule has 2 aromatic carbocycles. The molecule has 0 atom stereocenters. The molecule has 11 nitrogen and oxygen atoms in total. The Morgan fingerprint density at radius 3 is 1.95 bits per heavy atom. The van der Waals surface area contributed by atoms with Crippen molar-refractivity contribution in [2.45, 2.75) is 25.7 Å². The summed E-state index contributed by atoms with van der Waals surface area (Å²) in [6.45, 7) is 10.4. The monoisotopic (exact) mass is 550 g/mol. The molecule has 0 aliphatic rings. The number of aliphatic carboxylic acids is 2. The number of benzene rings is 2. The molecule has 2 amide bonds. The van der Waals surface area contributed by atoms with Gasteiger partial charge in [0.1, 0.15) is 0 Å². The summed E-state index contributed by atoms with van der Waals surface area (Å²) >= 11 is 0. The number of rotatable bonds is 13. The van der Waals surface area contributed by atoms with Crippen molar-refractivity contribution in [3.63, 3.8) is 0 Å². The third-order valence-electron chi connectivity index (χ3n) is 5.64. The molecule has 0 aliphatic heterocycles. The van der Waals surface area contributed by atoms with Crippen molar-refractivity contribution in [2.75, 3.05) is 56.9 Å². The highest BCUT2D eigenvalue weighted by atomic mass is 32.2. The molecule has 0 saturated heterocycles. The minimum absolute atomic E-state index is 0.120. The number of amides is 2. The first-order valence-electron chi connectivity index (χ1n) is 12.3. The third-order valence-corrected chi connectivity index (χ3v) is 7.35. The first kappa shape index (κ1) is 32.4. The van der Waals surface area contributed by atoms with Gasteiger partial charge in [0.05, 0.1) is 10.6 Å². The van der Waals surface area contributed by atoms with Crippen LogP contribution in [0.25, 0.3) is 0 Å². The Morgan fingerprint density at radius 1 is 0.816 bits per heavy atom. The van der Waals surface area contributed by atoms with Crippen LogP contribution in [0, 0.1) is 6.92 Å². The summed E-state index contributed by atoms with van der Waals surface area (Å²) < 4.78 is 25.4. The van der Waals surface area contributed by atoms with E-state index in [2.05, 4.69) is 29.4 Å². The number of carbonyl (C=O) groups excluding carboxylic acids is 1. The predicted molar refractivity (Wildman–Crippen MR) is 146 cm³/mol. The molecule has 210 valence electrons. The topological polar surface area (TPSA) is 156 Å². The van der Waals surface area contributed by atoms with Gasteiger partial charge in [-0.3, -0.25) is 0 Å². The van der Waals surface area contributed by atoms with Crippen molar-refractivity contribution in [1.29, 1.82) is 0 Å². The molecule has 0 radical (unpaired) electrons. The van der Waals surface area contributed by atoms with Crippen LogP contribution in [0.2, 0.25) is 0 Å². The van der Waals surface area contributed by atoms with Gasteiger partial charge >= 0.3 is 18.0 Å². The number of carboxylic acids is 2. The van der Waals surface area contributed by atoms with Gasteiger partial charge in [0.25, 0.3) is 0 Å². The van der Waals surface area contributed by atoms with Crippen molar-refractivity contribution in [3.05, 3.63) is 60.2 Å². The number of nitrogens with zero attached hydrogens (tertiary/aromatic N) is 2. The van der Waals surface area contributed by atoms with Crippen molar-refractivity contribution in [3.8, 4) is 0 Å². The van der Waals surface area contributed by atoms with Crippen LogP contribution in [0.1, 0.15) is 19.4 Å². The Balaban J connectivity index is 0.00000107. The molecule has 4 N–H and O–H groups in total. The van der Waals surface area contributed by atoms with E-state index < -0.39 is 21.8 Å². The van der Waals surface area contributed by atoms with E-state index in [1.807, 2.05) is 31.2 Å². The van der Waals surface area contributed by atoms with E-state index >= 15 is 0 Å². The SMILES string of the molecule is CCN(CC)CCNC(=O)N(CCNc1ccccc1C)CCS(=O)(=O)c1ccccc1.O=C(O)C(=O)O. The molecule has 0 heterocycles. The second-order valence-corrected chi connectivity index (χ2v) is 10.3. The fraction of sp³-hybridized carbons (Fsp3) is 0.423. The van der Waals surface area contributed by atoms with Gasteiger partial charge in [-0.05, 0) is 43.8 Å². The van der Waals surface area contributed by atoms with Crippen LogP contribution < -0.4 is 10.6 Å². The second-order valence-electron chi connectivity index (χ2n) is 8.23. The third kappa shape index (κ3) is 12.1. The molecule has 38 heavy (non-hydrogen) atoms. The van der Waals surface area contributed by atoms with Crippen molar-refractivity contribution in [1.82, 2.24) is 15.1 Å². The molecular weight excluding hydrogens is 512 g/mol. The fourth-order valence-electron chi connectivity index (χ4n) is 3.36. The number of para-hydroxylation sites is 1. The Bertz CT molecular complexity index is 1110. The van der Waals surface area contributed by atoms with Crippen LogP contribution in [0.5, 0.6) is 0 Å². The van der Waals surface area contributed by atoms with Gasteiger partial charge in [0.15, 0.2) is 9.84 Å². The highest BCUT2D eigenvalue weighted by Gasteiger charge is 2.19. The van der Waals surface area contributed by atoms with Gasteiger partial charge in [-0.25, -0.2) is 22.8 Å². The van der Waals surface area contributed by atoms with Crippen molar-refractivity contribution in [2.24, 2.45) is 0 Å². The van der Waals surface area contributed by atoms with Crippen LogP contribution in [-0.2, 0) is 19.4 Å². The molecule has 0 unspecified atom stereocenters. The van der Waals surface area contributed by atoms with Crippen LogP contribution >= 0.6 is 0 Å². The van der Waals surface area contributed by atoms with Gasteiger partial charge in [-0.1, -0.05) is 50.2 Å². The Kier molecular flexibility index (Phi) is 14.5. The number of hydrogen-bond acceptors (Lipinski definition) is 7. The summed E-state index contributed by atoms with van der Waals surface area (Å²) in [6, 6.07) is 16.1. The first-order chi connectivity index (χ1) is 18.0. The van der Waals surface area contributed by atoms with E-state index in [1.165, 1.54) is 0 Å². The predicted octanol–water partition coefficient (Wildman–Crippen LogP) is 2.39.